The Labute approximate surface area is 104 Å². The number of hydrogen-bond acceptors (Lipinski definition) is 3. The van der Waals surface area contributed by atoms with Crippen molar-refractivity contribution in [2.75, 3.05) is 6.54 Å². The van der Waals surface area contributed by atoms with Crippen LogP contribution in [0.2, 0.25) is 0 Å². The van der Waals surface area contributed by atoms with E-state index in [0.29, 0.717) is 6.04 Å². The predicted molar refractivity (Wildman–Crippen MR) is 69.6 cm³/mol. The molecule has 0 amide bonds. The number of nitrogens with zero attached hydrogens (tertiary/aromatic N) is 2. The summed E-state index contributed by atoms with van der Waals surface area (Å²) in [7, 11) is 0. The lowest BCUT2D eigenvalue weighted by Crippen LogP contribution is -2.24. The maximum Gasteiger partial charge on any atom is 0.0544 e. The molecular weight excluding hydrogens is 210 g/mol. The third-order valence-electron chi connectivity index (χ3n) is 3.69. The molecule has 17 heavy (non-hydrogen) atoms. The molecular formula is C14H23N3. The summed E-state index contributed by atoms with van der Waals surface area (Å²) in [5.74, 6) is 0.900. The average molecular weight is 233 g/mol. The Balaban J connectivity index is 1.97. The van der Waals surface area contributed by atoms with Gasteiger partial charge in [-0.2, -0.15) is 10.2 Å². The molecule has 1 N–H and O–H groups in total. The first-order valence-electron chi connectivity index (χ1n) is 6.90. The van der Waals surface area contributed by atoms with Crippen molar-refractivity contribution in [3.63, 3.8) is 0 Å². The molecule has 0 aliphatic heterocycles. The van der Waals surface area contributed by atoms with Gasteiger partial charge in [0.2, 0.25) is 0 Å². The summed E-state index contributed by atoms with van der Waals surface area (Å²) in [6.45, 7) is 3.30. The van der Waals surface area contributed by atoms with Crippen molar-refractivity contribution in [2.24, 2.45) is 5.92 Å². The molecule has 94 valence electrons. The fraction of sp³-hybridized carbons (Fsp3) is 0.714. The highest BCUT2D eigenvalue weighted by molar-refractivity contribution is 5.11. The largest absolute Gasteiger partial charge is 0.310 e. The van der Waals surface area contributed by atoms with Crippen molar-refractivity contribution in [1.29, 1.82) is 0 Å². The fourth-order valence-corrected chi connectivity index (χ4v) is 2.74. The Bertz CT molecular complexity index is 307. The van der Waals surface area contributed by atoms with Crippen LogP contribution in [-0.2, 0) is 0 Å². The van der Waals surface area contributed by atoms with Gasteiger partial charge in [-0.1, -0.05) is 32.6 Å². The predicted octanol–water partition coefficient (Wildman–Crippen LogP) is 3.10. The molecule has 1 aliphatic carbocycles. The van der Waals surface area contributed by atoms with Gasteiger partial charge >= 0.3 is 0 Å². The van der Waals surface area contributed by atoms with Gasteiger partial charge in [-0.05, 0) is 36.9 Å². The normalized spacial score (nSPS) is 18.4. The molecule has 1 aliphatic rings. The van der Waals surface area contributed by atoms with Gasteiger partial charge in [-0.3, -0.25) is 0 Å². The summed E-state index contributed by atoms with van der Waals surface area (Å²) in [5, 5.41) is 11.5. The van der Waals surface area contributed by atoms with Crippen molar-refractivity contribution in [2.45, 2.75) is 51.5 Å². The standard InChI is InChI=1S/C14H23N3/c1-2-8-15-14(10-12-5-3-4-6-12)13-7-9-16-17-11-13/h7,9,11-12,14-15H,2-6,8,10H2,1H3. The molecule has 3 nitrogen and oxygen atoms in total. The zero-order valence-electron chi connectivity index (χ0n) is 10.7. The van der Waals surface area contributed by atoms with Crippen LogP contribution in [0.5, 0.6) is 0 Å². The summed E-state index contributed by atoms with van der Waals surface area (Å²) in [6.07, 6.45) is 11.8. The molecule has 0 spiro atoms. The van der Waals surface area contributed by atoms with Gasteiger partial charge in [-0.25, -0.2) is 0 Å². The van der Waals surface area contributed by atoms with Crippen molar-refractivity contribution in [3.8, 4) is 0 Å². The second-order valence-corrected chi connectivity index (χ2v) is 5.07. The molecule has 1 heterocycles. The van der Waals surface area contributed by atoms with Crippen molar-refractivity contribution in [3.05, 3.63) is 24.0 Å². The SMILES string of the molecule is CCCNC(CC1CCCC1)c1ccnnc1. The van der Waals surface area contributed by atoms with Crippen LogP contribution in [0.15, 0.2) is 18.5 Å². The number of hydrogen-bond donors (Lipinski definition) is 1. The van der Waals surface area contributed by atoms with Crippen LogP contribution >= 0.6 is 0 Å². The lowest BCUT2D eigenvalue weighted by atomic mass is 9.94. The zero-order chi connectivity index (χ0) is 11.9. The van der Waals surface area contributed by atoms with Gasteiger partial charge < -0.3 is 5.32 Å². The second-order valence-electron chi connectivity index (χ2n) is 5.07. The Morgan fingerprint density at radius 2 is 2.18 bits per heavy atom. The first-order valence-corrected chi connectivity index (χ1v) is 6.90. The quantitative estimate of drug-likeness (QED) is 0.820. The smallest absolute Gasteiger partial charge is 0.0544 e. The minimum atomic E-state index is 0.466. The Hall–Kier alpha value is -0.960. The molecule has 1 fully saturated rings. The molecule has 1 aromatic rings. The molecule has 1 unspecified atom stereocenters. The molecule has 0 saturated heterocycles. The third kappa shape index (κ3) is 3.77. The van der Waals surface area contributed by atoms with Crippen LogP contribution in [0.1, 0.15) is 57.1 Å². The molecule has 2 rings (SSSR count). The fourth-order valence-electron chi connectivity index (χ4n) is 2.74. The number of rotatable bonds is 6. The Morgan fingerprint density at radius 1 is 1.35 bits per heavy atom. The van der Waals surface area contributed by atoms with Gasteiger partial charge in [0.05, 0.1) is 6.20 Å². The maximum absolute atomic E-state index is 4.00. The molecule has 1 saturated carbocycles. The van der Waals surface area contributed by atoms with Crippen molar-refractivity contribution < 1.29 is 0 Å². The highest BCUT2D eigenvalue weighted by Gasteiger charge is 2.20. The molecule has 3 heteroatoms. The van der Waals surface area contributed by atoms with Crippen LogP contribution in [0.25, 0.3) is 0 Å². The van der Waals surface area contributed by atoms with E-state index < -0.39 is 0 Å². The van der Waals surface area contributed by atoms with E-state index in [2.05, 4.69) is 28.5 Å². The Kier molecular flexibility index (Phi) is 4.92. The van der Waals surface area contributed by atoms with Gasteiger partial charge in [-0.15, -0.1) is 0 Å². The van der Waals surface area contributed by atoms with Crippen molar-refractivity contribution >= 4 is 0 Å². The van der Waals surface area contributed by atoms with E-state index in [-0.39, 0.29) is 0 Å². The molecule has 0 bridgehead atoms. The third-order valence-corrected chi connectivity index (χ3v) is 3.69. The van der Waals surface area contributed by atoms with E-state index in [1.807, 2.05) is 6.20 Å². The van der Waals surface area contributed by atoms with E-state index >= 15 is 0 Å². The monoisotopic (exact) mass is 233 g/mol. The molecule has 1 atom stereocenters. The van der Waals surface area contributed by atoms with Gasteiger partial charge in [0.25, 0.3) is 0 Å². The van der Waals surface area contributed by atoms with Crippen LogP contribution < -0.4 is 5.32 Å². The van der Waals surface area contributed by atoms with Crippen LogP contribution in [0.4, 0.5) is 0 Å². The van der Waals surface area contributed by atoms with Gasteiger partial charge in [0.15, 0.2) is 0 Å². The van der Waals surface area contributed by atoms with Gasteiger partial charge in [0, 0.05) is 12.2 Å². The molecule has 1 aromatic heterocycles. The second kappa shape index (κ2) is 6.70. The average Bonchev–Trinajstić information content (AvgIpc) is 2.88. The van der Waals surface area contributed by atoms with Crippen LogP contribution in [0.3, 0.4) is 0 Å². The highest BCUT2D eigenvalue weighted by Crippen LogP contribution is 2.32. The molecule has 0 aromatic carbocycles. The minimum Gasteiger partial charge on any atom is -0.310 e. The van der Waals surface area contributed by atoms with E-state index in [1.165, 1.54) is 44.1 Å². The minimum absolute atomic E-state index is 0.466. The summed E-state index contributed by atoms with van der Waals surface area (Å²) in [4.78, 5) is 0. The van der Waals surface area contributed by atoms with Crippen molar-refractivity contribution in [1.82, 2.24) is 15.5 Å². The lowest BCUT2D eigenvalue weighted by Gasteiger charge is -2.21. The summed E-state index contributed by atoms with van der Waals surface area (Å²) < 4.78 is 0. The van der Waals surface area contributed by atoms with Gasteiger partial charge in [0.1, 0.15) is 0 Å². The lowest BCUT2D eigenvalue weighted by molar-refractivity contribution is 0.394. The topological polar surface area (TPSA) is 37.8 Å². The first-order chi connectivity index (χ1) is 8.40. The number of nitrogens with one attached hydrogen (secondary N) is 1. The first kappa shape index (κ1) is 12.5. The van der Waals surface area contributed by atoms with E-state index in [4.69, 9.17) is 0 Å². The maximum atomic E-state index is 4.00. The van der Waals surface area contributed by atoms with Crippen LogP contribution in [0, 0.1) is 5.92 Å². The molecule has 0 radical (unpaired) electrons. The number of aromatic nitrogens is 2. The van der Waals surface area contributed by atoms with Crippen LogP contribution in [-0.4, -0.2) is 16.7 Å². The zero-order valence-corrected chi connectivity index (χ0v) is 10.7. The summed E-state index contributed by atoms with van der Waals surface area (Å²) in [5.41, 5.74) is 1.29. The van der Waals surface area contributed by atoms with E-state index in [1.54, 1.807) is 6.20 Å². The summed E-state index contributed by atoms with van der Waals surface area (Å²) >= 11 is 0. The van der Waals surface area contributed by atoms with E-state index in [9.17, 15) is 0 Å². The summed E-state index contributed by atoms with van der Waals surface area (Å²) in [6, 6.07) is 2.56. The Morgan fingerprint density at radius 3 is 2.82 bits per heavy atom. The highest BCUT2D eigenvalue weighted by atomic mass is 15.1. The van der Waals surface area contributed by atoms with E-state index in [0.717, 1.165) is 12.5 Å².